The number of hydrogen-bond donors (Lipinski definition) is 3. The second-order valence-corrected chi connectivity index (χ2v) is 11.7. The number of carbonyl (C=O) groups excluding carboxylic acids is 1. The number of fused-ring (bicyclic) bond motifs is 2. The summed E-state index contributed by atoms with van der Waals surface area (Å²) in [4.78, 5) is 38.7. The van der Waals surface area contributed by atoms with Crippen LogP contribution in [0.3, 0.4) is 0 Å². The number of piperazine rings is 1. The Morgan fingerprint density at radius 1 is 1.07 bits per heavy atom. The number of rotatable bonds is 7. The third-order valence-corrected chi connectivity index (χ3v) is 8.67. The molecule has 4 aromatic rings. The summed E-state index contributed by atoms with van der Waals surface area (Å²) in [5, 5.41) is 13.5. The van der Waals surface area contributed by atoms with Crippen molar-refractivity contribution in [2.24, 2.45) is 0 Å². The number of benzene rings is 2. The van der Waals surface area contributed by atoms with Gasteiger partial charge < -0.3 is 25.0 Å². The molecule has 3 N–H and O–H groups in total. The average Bonchev–Trinajstić information content (AvgIpc) is 3.42. The number of hydrogen-bond acceptors (Lipinski definition) is 6. The summed E-state index contributed by atoms with van der Waals surface area (Å²) in [6.07, 6.45) is -3.84. The van der Waals surface area contributed by atoms with Crippen molar-refractivity contribution in [3.8, 4) is 11.5 Å². The van der Waals surface area contributed by atoms with Crippen LogP contribution in [0.2, 0.25) is 0 Å². The summed E-state index contributed by atoms with van der Waals surface area (Å²) in [6.45, 7) is 7.93. The smallest absolute Gasteiger partial charge is 0.416 e. The number of aromatic amines is 1. The first-order valence-corrected chi connectivity index (χ1v) is 15.2. The van der Waals surface area contributed by atoms with E-state index in [1.807, 2.05) is 17.9 Å². The molecule has 10 nitrogen and oxygen atoms in total. The number of aryl methyl sites for hydroxylation is 2. The van der Waals surface area contributed by atoms with Gasteiger partial charge in [-0.1, -0.05) is 19.1 Å². The number of nitrogens with one attached hydrogen (secondary N) is 2. The molecule has 2 amide bonds. The van der Waals surface area contributed by atoms with E-state index in [0.717, 1.165) is 41.7 Å². The van der Waals surface area contributed by atoms with Gasteiger partial charge >= 0.3 is 12.3 Å². The molecular weight excluding hydrogens is 601 g/mol. The molecule has 0 bridgehead atoms. The highest BCUT2D eigenvalue weighted by Crippen LogP contribution is 2.38. The number of anilines is 2. The topological polar surface area (TPSA) is 114 Å². The van der Waals surface area contributed by atoms with Crippen LogP contribution in [0, 0.1) is 6.92 Å². The summed E-state index contributed by atoms with van der Waals surface area (Å²) in [5.41, 5.74) is 1.79. The van der Waals surface area contributed by atoms with E-state index in [4.69, 9.17) is 4.74 Å². The van der Waals surface area contributed by atoms with E-state index in [1.165, 1.54) is 12.1 Å². The highest BCUT2D eigenvalue weighted by Gasteiger charge is 2.38. The zero-order valence-electron chi connectivity index (χ0n) is 25.5. The van der Waals surface area contributed by atoms with Crippen LogP contribution in [0.5, 0.6) is 11.5 Å². The lowest BCUT2D eigenvalue weighted by Crippen LogP contribution is -2.49. The molecular formula is C33H35F3N6O4. The molecule has 1 fully saturated rings. The summed E-state index contributed by atoms with van der Waals surface area (Å²) in [5.74, 6) is 0.168. The number of carbonyl (C=O) groups is 2. The molecule has 242 valence electrons. The predicted molar refractivity (Wildman–Crippen MR) is 167 cm³/mol. The van der Waals surface area contributed by atoms with Gasteiger partial charge in [0.1, 0.15) is 23.2 Å². The van der Waals surface area contributed by atoms with Crippen molar-refractivity contribution in [3.63, 3.8) is 0 Å². The fourth-order valence-corrected chi connectivity index (χ4v) is 6.25. The highest BCUT2D eigenvalue weighted by atomic mass is 19.4. The Balaban J connectivity index is 1.21. The van der Waals surface area contributed by atoms with E-state index in [2.05, 4.69) is 27.1 Å². The van der Waals surface area contributed by atoms with Crippen LogP contribution in [0.25, 0.3) is 11.0 Å². The number of H-pyrrole nitrogens is 1. The normalized spacial score (nSPS) is 17.6. The Bertz CT molecular complexity index is 1770. The van der Waals surface area contributed by atoms with Gasteiger partial charge in [0.05, 0.1) is 16.6 Å². The fraction of sp³-hybridized carbons (Fsp3) is 0.364. The second kappa shape index (κ2) is 12.6. The van der Waals surface area contributed by atoms with E-state index in [9.17, 15) is 27.9 Å². The number of amides is 2. The predicted octanol–water partition coefficient (Wildman–Crippen LogP) is 6.26. The monoisotopic (exact) mass is 636 g/mol. The average molecular weight is 637 g/mol. The molecule has 13 heteroatoms. The number of likely N-dealkylation sites (N-methyl/N-ethyl adjacent to an activating group) is 1. The minimum absolute atomic E-state index is 0.0476. The summed E-state index contributed by atoms with van der Waals surface area (Å²) in [7, 11) is 0. The molecule has 1 saturated heterocycles. The number of halogens is 3. The Morgan fingerprint density at radius 3 is 2.54 bits per heavy atom. The van der Waals surface area contributed by atoms with E-state index >= 15 is 0 Å². The van der Waals surface area contributed by atoms with Crippen molar-refractivity contribution in [2.75, 3.05) is 42.9 Å². The first-order chi connectivity index (χ1) is 22.0. The van der Waals surface area contributed by atoms with Crippen LogP contribution in [0.4, 0.5) is 29.3 Å². The van der Waals surface area contributed by atoms with Crippen LogP contribution in [0.1, 0.15) is 35.7 Å². The Morgan fingerprint density at radius 2 is 1.83 bits per heavy atom. The van der Waals surface area contributed by atoms with Gasteiger partial charge in [0.2, 0.25) is 5.91 Å². The number of ether oxygens (including phenoxy) is 1. The summed E-state index contributed by atoms with van der Waals surface area (Å²) < 4.78 is 48.6. The van der Waals surface area contributed by atoms with Crippen molar-refractivity contribution < 1.29 is 32.6 Å². The maximum atomic E-state index is 14.2. The van der Waals surface area contributed by atoms with Gasteiger partial charge in [-0.15, -0.1) is 0 Å². The molecule has 0 saturated carbocycles. The largest absolute Gasteiger partial charge is 0.465 e. The number of alkyl halides is 3. The molecule has 4 heterocycles. The SMILES string of the molecule is CCN1CCN(Cc2ccc(NC(=O)C3CCc4ccc(Oc5ccnc6[nH]c(C)cc56)cc4N3C(=O)O)cc2C(F)(F)F)CC1. The zero-order chi connectivity index (χ0) is 32.6. The van der Waals surface area contributed by atoms with Gasteiger partial charge in [-0.25, -0.2) is 9.78 Å². The number of pyridine rings is 1. The highest BCUT2D eigenvalue weighted by molar-refractivity contribution is 6.03. The Kier molecular flexibility index (Phi) is 8.62. The lowest BCUT2D eigenvalue weighted by molar-refractivity contribution is -0.138. The molecule has 2 aliphatic rings. The molecule has 0 radical (unpaired) electrons. The van der Waals surface area contributed by atoms with Gasteiger partial charge in [-0.05, 0) is 67.8 Å². The minimum Gasteiger partial charge on any atom is -0.465 e. The molecule has 6 rings (SSSR count). The van der Waals surface area contributed by atoms with Crippen molar-refractivity contribution in [1.29, 1.82) is 0 Å². The van der Waals surface area contributed by atoms with E-state index < -0.39 is 29.8 Å². The molecule has 0 aliphatic carbocycles. The number of carboxylic acid groups (broad SMARTS) is 1. The fourth-order valence-electron chi connectivity index (χ4n) is 6.25. The minimum atomic E-state index is -4.63. The van der Waals surface area contributed by atoms with Crippen LogP contribution in [0.15, 0.2) is 54.7 Å². The second-order valence-electron chi connectivity index (χ2n) is 11.7. The van der Waals surface area contributed by atoms with E-state index in [1.54, 1.807) is 30.5 Å². The van der Waals surface area contributed by atoms with Crippen LogP contribution < -0.4 is 15.0 Å². The Labute approximate surface area is 263 Å². The standard InChI is InChI=1S/C33H35F3N6O4/c1-3-40-12-14-41(15-13-40)19-22-4-7-23(17-26(22)33(34,35)36)39-31(43)27-9-6-21-5-8-24(18-28(21)42(27)32(44)45)46-29-10-11-37-30-25(29)16-20(2)38-30/h4-5,7-8,10-11,16-18,27H,3,6,9,12-15,19H2,1-2H3,(H,37,38)(H,39,43)(H,44,45). The van der Waals surface area contributed by atoms with Crippen LogP contribution in [-0.2, 0) is 23.9 Å². The third kappa shape index (κ3) is 6.51. The quantitative estimate of drug-likeness (QED) is 0.220. The van der Waals surface area contributed by atoms with Crippen molar-refractivity contribution in [3.05, 3.63) is 77.1 Å². The van der Waals surface area contributed by atoms with Gasteiger partial charge in [-0.2, -0.15) is 13.2 Å². The van der Waals surface area contributed by atoms with Crippen molar-refractivity contribution >= 4 is 34.4 Å². The molecule has 0 spiro atoms. The molecule has 2 aliphatic heterocycles. The maximum absolute atomic E-state index is 14.2. The molecule has 46 heavy (non-hydrogen) atoms. The van der Waals surface area contributed by atoms with Gasteiger partial charge in [-0.3, -0.25) is 14.6 Å². The van der Waals surface area contributed by atoms with Crippen LogP contribution in [-0.4, -0.2) is 75.6 Å². The summed E-state index contributed by atoms with van der Waals surface area (Å²) in [6, 6.07) is 11.2. The van der Waals surface area contributed by atoms with Gasteiger partial charge in [0.15, 0.2) is 0 Å². The summed E-state index contributed by atoms with van der Waals surface area (Å²) >= 11 is 0. The molecule has 2 aromatic heterocycles. The third-order valence-electron chi connectivity index (χ3n) is 8.67. The Hall–Kier alpha value is -4.62. The first-order valence-electron chi connectivity index (χ1n) is 15.2. The lowest BCUT2D eigenvalue weighted by Gasteiger charge is -2.35. The first kappa shape index (κ1) is 31.4. The van der Waals surface area contributed by atoms with Gasteiger partial charge in [0, 0.05) is 56.4 Å². The van der Waals surface area contributed by atoms with Crippen molar-refractivity contribution in [2.45, 2.75) is 45.5 Å². The van der Waals surface area contributed by atoms with E-state index in [0.29, 0.717) is 42.2 Å². The number of nitrogens with zero attached hydrogens (tertiary/aromatic N) is 4. The molecule has 1 atom stereocenters. The van der Waals surface area contributed by atoms with Crippen LogP contribution >= 0.6 is 0 Å². The molecule has 2 aromatic carbocycles. The zero-order valence-corrected chi connectivity index (χ0v) is 25.5. The van der Waals surface area contributed by atoms with Crippen molar-refractivity contribution in [1.82, 2.24) is 19.8 Å². The maximum Gasteiger partial charge on any atom is 0.416 e. The number of aromatic nitrogens is 2. The lowest BCUT2D eigenvalue weighted by atomic mass is 9.95. The van der Waals surface area contributed by atoms with E-state index in [-0.39, 0.29) is 29.9 Å². The van der Waals surface area contributed by atoms with Gasteiger partial charge in [0.25, 0.3) is 0 Å². The molecule has 1 unspecified atom stereocenters.